The number of nitrogens with two attached hydrogens (primary N) is 1. The van der Waals surface area contributed by atoms with Crippen LogP contribution < -0.4 is 5.73 Å². The molecule has 1 saturated carbocycles. The highest BCUT2D eigenvalue weighted by Crippen LogP contribution is 2.38. The highest BCUT2D eigenvalue weighted by atomic mass is 15.4. The van der Waals surface area contributed by atoms with Gasteiger partial charge in [-0.1, -0.05) is 17.3 Å². The molecule has 2 aromatic rings. The lowest BCUT2D eigenvalue weighted by molar-refractivity contribution is 0.790. The third-order valence-corrected chi connectivity index (χ3v) is 3.19. The van der Waals surface area contributed by atoms with Crippen LogP contribution in [0.3, 0.4) is 0 Å². The fraction of sp³-hybridized carbons (Fsp3) is 0.385. The highest BCUT2D eigenvalue weighted by molar-refractivity contribution is 5.35. The minimum absolute atomic E-state index is 0.0711. The van der Waals surface area contributed by atoms with E-state index < -0.39 is 0 Å². The van der Waals surface area contributed by atoms with Crippen molar-refractivity contribution in [2.24, 2.45) is 5.73 Å². The van der Waals surface area contributed by atoms with E-state index in [4.69, 9.17) is 5.73 Å². The van der Waals surface area contributed by atoms with Crippen LogP contribution in [0.5, 0.6) is 0 Å². The smallest absolute Gasteiger partial charge is 0.0862 e. The minimum atomic E-state index is 0.0711. The molecule has 1 fully saturated rings. The molecule has 1 unspecified atom stereocenters. The standard InChI is InChI=1S/C13H16N4/c1-9(14)10-4-6-12(7-5-10)17-8-13(15-16-17)11-2-3-11/h4-9,11H,2-3,14H2,1H3. The summed E-state index contributed by atoms with van der Waals surface area (Å²) in [5, 5.41) is 8.36. The van der Waals surface area contributed by atoms with Crippen LogP contribution in [0.15, 0.2) is 30.5 Å². The Balaban J connectivity index is 1.86. The molecule has 0 saturated heterocycles. The van der Waals surface area contributed by atoms with Gasteiger partial charge >= 0.3 is 0 Å². The summed E-state index contributed by atoms with van der Waals surface area (Å²) in [7, 11) is 0. The molecular weight excluding hydrogens is 212 g/mol. The lowest BCUT2D eigenvalue weighted by atomic mass is 10.1. The van der Waals surface area contributed by atoms with Gasteiger partial charge in [0.2, 0.25) is 0 Å². The number of hydrogen-bond donors (Lipinski definition) is 1. The van der Waals surface area contributed by atoms with Crippen LogP contribution in [0.2, 0.25) is 0 Å². The zero-order valence-corrected chi connectivity index (χ0v) is 9.87. The summed E-state index contributed by atoms with van der Waals surface area (Å²) in [5.41, 5.74) is 9.10. The zero-order valence-electron chi connectivity index (χ0n) is 9.87. The summed E-state index contributed by atoms with van der Waals surface area (Å²) in [4.78, 5) is 0. The summed E-state index contributed by atoms with van der Waals surface area (Å²) >= 11 is 0. The third kappa shape index (κ3) is 2.08. The first-order valence-electron chi connectivity index (χ1n) is 6.02. The normalized spacial score (nSPS) is 17.1. The molecule has 1 aliphatic rings. The van der Waals surface area contributed by atoms with E-state index in [2.05, 4.69) is 10.3 Å². The van der Waals surface area contributed by atoms with Crippen molar-refractivity contribution < 1.29 is 0 Å². The molecule has 1 heterocycles. The second-order valence-electron chi connectivity index (χ2n) is 4.74. The molecule has 0 radical (unpaired) electrons. The summed E-state index contributed by atoms with van der Waals surface area (Å²) in [5.74, 6) is 0.645. The second-order valence-corrected chi connectivity index (χ2v) is 4.74. The zero-order chi connectivity index (χ0) is 11.8. The molecule has 0 bridgehead atoms. The van der Waals surface area contributed by atoms with E-state index in [9.17, 15) is 0 Å². The van der Waals surface area contributed by atoms with Crippen molar-refractivity contribution in [2.75, 3.05) is 0 Å². The van der Waals surface area contributed by atoms with Crippen molar-refractivity contribution in [3.8, 4) is 5.69 Å². The Kier molecular flexibility index (Phi) is 2.44. The Hall–Kier alpha value is -1.68. The Labute approximate surface area is 100 Å². The Morgan fingerprint density at radius 2 is 2.00 bits per heavy atom. The molecule has 1 atom stereocenters. The van der Waals surface area contributed by atoms with E-state index in [1.807, 2.05) is 42.1 Å². The number of nitrogens with zero attached hydrogens (tertiary/aromatic N) is 3. The van der Waals surface area contributed by atoms with E-state index in [0.29, 0.717) is 5.92 Å². The van der Waals surface area contributed by atoms with Crippen LogP contribution in [-0.2, 0) is 0 Å². The van der Waals surface area contributed by atoms with Crippen LogP contribution >= 0.6 is 0 Å². The predicted octanol–water partition coefficient (Wildman–Crippen LogP) is 2.16. The number of rotatable bonds is 3. The van der Waals surface area contributed by atoms with E-state index in [-0.39, 0.29) is 6.04 Å². The van der Waals surface area contributed by atoms with Crippen LogP contribution in [0.4, 0.5) is 0 Å². The van der Waals surface area contributed by atoms with Gasteiger partial charge in [-0.15, -0.1) is 5.10 Å². The van der Waals surface area contributed by atoms with Gasteiger partial charge in [-0.2, -0.15) is 0 Å². The minimum Gasteiger partial charge on any atom is -0.324 e. The predicted molar refractivity (Wildman–Crippen MR) is 65.9 cm³/mol. The van der Waals surface area contributed by atoms with Crippen molar-refractivity contribution in [1.82, 2.24) is 15.0 Å². The molecule has 3 rings (SSSR count). The van der Waals surface area contributed by atoms with E-state index >= 15 is 0 Å². The number of aromatic nitrogens is 3. The molecule has 1 aliphatic carbocycles. The first-order valence-corrected chi connectivity index (χ1v) is 6.02. The van der Waals surface area contributed by atoms with Crippen LogP contribution in [0, 0.1) is 0 Å². The van der Waals surface area contributed by atoms with Crippen LogP contribution in [-0.4, -0.2) is 15.0 Å². The Morgan fingerprint density at radius 3 is 2.59 bits per heavy atom. The average molecular weight is 228 g/mol. The maximum atomic E-state index is 5.82. The maximum absolute atomic E-state index is 5.82. The molecule has 1 aromatic heterocycles. The van der Waals surface area contributed by atoms with Gasteiger partial charge in [0.1, 0.15) is 0 Å². The average Bonchev–Trinajstić information content (AvgIpc) is 3.07. The quantitative estimate of drug-likeness (QED) is 0.875. The number of hydrogen-bond acceptors (Lipinski definition) is 3. The van der Waals surface area contributed by atoms with Crippen molar-refractivity contribution in [2.45, 2.75) is 31.7 Å². The maximum Gasteiger partial charge on any atom is 0.0862 e. The fourth-order valence-electron chi connectivity index (χ4n) is 1.90. The van der Waals surface area contributed by atoms with Crippen LogP contribution in [0.1, 0.15) is 43.0 Å². The van der Waals surface area contributed by atoms with E-state index in [1.165, 1.54) is 12.8 Å². The molecule has 1 aromatic carbocycles. The van der Waals surface area contributed by atoms with Gasteiger partial charge in [0.25, 0.3) is 0 Å². The molecular formula is C13H16N4. The van der Waals surface area contributed by atoms with Gasteiger partial charge in [0, 0.05) is 12.0 Å². The van der Waals surface area contributed by atoms with E-state index in [0.717, 1.165) is 16.9 Å². The third-order valence-electron chi connectivity index (χ3n) is 3.19. The van der Waals surface area contributed by atoms with Crippen molar-refractivity contribution in [3.63, 3.8) is 0 Å². The van der Waals surface area contributed by atoms with E-state index in [1.54, 1.807) is 0 Å². The molecule has 17 heavy (non-hydrogen) atoms. The fourth-order valence-corrected chi connectivity index (χ4v) is 1.90. The molecule has 0 spiro atoms. The Morgan fingerprint density at radius 1 is 1.29 bits per heavy atom. The Bertz CT molecular complexity index is 508. The molecule has 88 valence electrons. The molecule has 0 amide bonds. The highest BCUT2D eigenvalue weighted by Gasteiger charge is 2.26. The molecule has 0 aliphatic heterocycles. The first-order chi connectivity index (χ1) is 8.24. The van der Waals surface area contributed by atoms with Crippen molar-refractivity contribution in [1.29, 1.82) is 0 Å². The second kappa shape index (κ2) is 3.96. The molecule has 2 N–H and O–H groups in total. The van der Waals surface area contributed by atoms with Crippen molar-refractivity contribution in [3.05, 3.63) is 41.7 Å². The lowest BCUT2D eigenvalue weighted by Crippen LogP contribution is -2.05. The van der Waals surface area contributed by atoms with Gasteiger partial charge in [0.15, 0.2) is 0 Å². The first kappa shape index (κ1) is 10.5. The summed E-state index contributed by atoms with van der Waals surface area (Å²) in [6, 6.07) is 8.22. The monoisotopic (exact) mass is 228 g/mol. The topological polar surface area (TPSA) is 56.7 Å². The lowest BCUT2D eigenvalue weighted by Gasteiger charge is -2.06. The van der Waals surface area contributed by atoms with Crippen molar-refractivity contribution >= 4 is 0 Å². The summed E-state index contributed by atoms with van der Waals surface area (Å²) in [6.45, 7) is 1.98. The largest absolute Gasteiger partial charge is 0.324 e. The van der Waals surface area contributed by atoms with Crippen LogP contribution in [0.25, 0.3) is 5.69 Å². The SMILES string of the molecule is CC(N)c1ccc(-n2cc(C3CC3)nn2)cc1. The molecule has 4 nitrogen and oxygen atoms in total. The molecule has 4 heteroatoms. The number of benzene rings is 1. The van der Waals surface area contributed by atoms with Gasteiger partial charge in [-0.3, -0.25) is 0 Å². The summed E-state index contributed by atoms with van der Waals surface area (Å²) in [6.07, 6.45) is 4.53. The van der Waals surface area contributed by atoms with Gasteiger partial charge in [-0.05, 0) is 37.5 Å². The van der Waals surface area contributed by atoms with Gasteiger partial charge in [-0.25, -0.2) is 4.68 Å². The summed E-state index contributed by atoms with van der Waals surface area (Å²) < 4.78 is 1.83. The van der Waals surface area contributed by atoms with Gasteiger partial charge < -0.3 is 5.73 Å². The van der Waals surface area contributed by atoms with Gasteiger partial charge in [0.05, 0.1) is 17.6 Å².